The average Bonchev–Trinajstić information content (AvgIpc) is 2.75. The quantitative estimate of drug-likeness (QED) is 0.912. The van der Waals surface area contributed by atoms with Crippen LogP contribution in [0.3, 0.4) is 0 Å². The summed E-state index contributed by atoms with van der Waals surface area (Å²) >= 11 is 0. The molecule has 0 atom stereocenters. The number of aryl methyl sites for hydroxylation is 2. The van der Waals surface area contributed by atoms with Crippen molar-refractivity contribution in [1.29, 1.82) is 0 Å². The molecule has 0 saturated heterocycles. The van der Waals surface area contributed by atoms with Crippen LogP contribution in [0.15, 0.2) is 42.6 Å². The van der Waals surface area contributed by atoms with Crippen molar-refractivity contribution < 1.29 is 0 Å². The topological polar surface area (TPSA) is 17.0 Å². The van der Waals surface area contributed by atoms with Gasteiger partial charge in [-0.25, -0.2) is 0 Å². The minimum atomic E-state index is 1.04. The van der Waals surface area contributed by atoms with Crippen LogP contribution < -0.4 is 5.32 Å². The molecule has 4 rings (SSSR count). The maximum Gasteiger partial charge on any atom is 0.0485 e. The predicted octanol–water partition coefficient (Wildman–Crippen LogP) is 3.21. The van der Waals surface area contributed by atoms with Gasteiger partial charge in [-0.15, -0.1) is 0 Å². The third-order valence-electron chi connectivity index (χ3n) is 4.73. The molecule has 21 heavy (non-hydrogen) atoms. The molecule has 0 unspecified atom stereocenters. The highest BCUT2D eigenvalue weighted by molar-refractivity contribution is 5.71. The van der Waals surface area contributed by atoms with E-state index >= 15 is 0 Å². The Balaban J connectivity index is 1.63. The van der Waals surface area contributed by atoms with Crippen molar-refractivity contribution in [2.45, 2.75) is 32.2 Å². The van der Waals surface area contributed by atoms with Gasteiger partial charge in [0.2, 0.25) is 0 Å². The third kappa shape index (κ3) is 2.44. The van der Waals surface area contributed by atoms with Gasteiger partial charge in [0.05, 0.1) is 0 Å². The molecule has 108 valence electrons. The Morgan fingerprint density at radius 2 is 2.00 bits per heavy atom. The van der Waals surface area contributed by atoms with Crippen LogP contribution in [-0.2, 0) is 25.8 Å². The lowest BCUT2D eigenvalue weighted by Gasteiger charge is -2.15. The van der Waals surface area contributed by atoms with Crippen molar-refractivity contribution >= 4 is 5.57 Å². The number of nitrogens with one attached hydrogen (secondary N) is 1. The summed E-state index contributed by atoms with van der Waals surface area (Å²) in [5, 5.41) is 3.53. The van der Waals surface area contributed by atoms with Gasteiger partial charge in [-0.05, 0) is 47.9 Å². The van der Waals surface area contributed by atoms with Crippen LogP contribution >= 0.6 is 0 Å². The van der Waals surface area contributed by atoms with Crippen molar-refractivity contribution in [3.8, 4) is 0 Å². The maximum atomic E-state index is 3.53. The zero-order chi connectivity index (χ0) is 14.1. The molecule has 0 amide bonds. The molecule has 0 saturated carbocycles. The second-order valence-corrected chi connectivity index (χ2v) is 6.11. The molecule has 2 aromatic rings. The zero-order valence-electron chi connectivity index (χ0n) is 12.4. The molecule has 2 heteroatoms. The maximum absolute atomic E-state index is 3.53. The van der Waals surface area contributed by atoms with E-state index in [4.69, 9.17) is 0 Å². The first kappa shape index (κ1) is 12.9. The van der Waals surface area contributed by atoms with E-state index in [2.05, 4.69) is 52.5 Å². The van der Waals surface area contributed by atoms with Crippen molar-refractivity contribution in [3.63, 3.8) is 0 Å². The van der Waals surface area contributed by atoms with Crippen LogP contribution in [0.5, 0.6) is 0 Å². The molecule has 1 N–H and O–H groups in total. The Labute approximate surface area is 126 Å². The van der Waals surface area contributed by atoms with E-state index in [1.807, 2.05) is 0 Å². The summed E-state index contributed by atoms with van der Waals surface area (Å²) in [6.45, 7) is 3.22. The van der Waals surface area contributed by atoms with Gasteiger partial charge >= 0.3 is 0 Å². The number of nitrogens with zero attached hydrogens (tertiary/aromatic N) is 1. The molecule has 0 spiro atoms. The number of hydrogen-bond donors (Lipinski definition) is 1. The fraction of sp³-hybridized carbons (Fsp3) is 0.368. The Kier molecular flexibility index (Phi) is 3.40. The number of hydrogen-bond acceptors (Lipinski definition) is 1. The molecule has 2 heterocycles. The minimum absolute atomic E-state index is 1.04. The van der Waals surface area contributed by atoms with Gasteiger partial charge in [-0.1, -0.05) is 36.4 Å². The van der Waals surface area contributed by atoms with E-state index in [1.54, 1.807) is 11.1 Å². The van der Waals surface area contributed by atoms with E-state index in [-0.39, 0.29) is 0 Å². The molecule has 2 aliphatic rings. The van der Waals surface area contributed by atoms with Crippen LogP contribution in [0.4, 0.5) is 0 Å². The highest BCUT2D eigenvalue weighted by Gasteiger charge is 2.22. The molecular formula is C19H22N2. The SMILES string of the molecule is C1=C2CNCCn3cc(CCc4ccccc4)c(c32)CC1. The second kappa shape index (κ2) is 5.53. The van der Waals surface area contributed by atoms with Crippen molar-refractivity contribution in [2.24, 2.45) is 0 Å². The van der Waals surface area contributed by atoms with Crippen molar-refractivity contribution in [2.75, 3.05) is 13.1 Å². The molecule has 1 aliphatic heterocycles. The van der Waals surface area contributed by atoms with E-state index < -0.39 is 0 Å². The summed E-state index contributed by atoms with van der Waals surface area (Å²) in [5.74, 6) is 0. The summed E-state index contributed by atoms with van der Waals surface area (Å²) in [6.07, 6.45) is 9.58. The van der Waals surface area contributed by atoms with Crippen molar-refractivity contribution in [1.82, 2.24) is 9.88 Å². The zero-order valence-corrected chi connectivity index (χ0v) is 12.4. The fourth-order valence-corrected chi connectivity index (χ4v) is 3.69. The van der Waals surface area contributed by atoms with Crippen molar-refractivity contribution in [3.05, 3.63) is 65.0 Å². The Morgan fingerprint density at radius 1 is 1.10 bits per heavy atom. The standard InChI is InChI=1S/C19H22N2/c1-2-5-15(6-3-1)9-10-17-14-21-12-11-20-13-16-7-4-8-18(17)19(16)21/h1-3,5-7,14,20H,4,8-13H2. The van der Waals surface area contributed by atoms with E-state index in [0.29, 0.717) is 0 Å². The van der Waals surface area contributed by atoms with E-state index in [1.165, 1.54) is 36.1 Å². The van der Waals surface area contributed by atoms with Gasteiger partial charge in [-0.3, -0.25) is 0 Å². The molecule has 2 nitrogen and oxygen atoms in total. The van der Waals surface area contributed by atoms with Crippen LogP contribution in [0.25, 0.3) is 5.57 Å². The lowest BCUT2D eigenvalue weighted by Crippen LogP contribution is -2.17. The molecular weight excluding hydrogens is 256 g/mol. The van der Waals surface area contributed by atoms with Crippen LogP contribution in [0, 0.1) is 0 Å². The number of rotatable bonds is 3. The van der Waals surface area contributed by atoms with Gasteiger partial charge in [0.15, 0.2) is 0 Å². The number of benzene rings is 1. The Hall–Kier alpha value is -1.80. The van der Waals surface area contributed by atoms with Gasteiger partial charge in [0, 0.05) is 31.5 Å². The first-order chi connectivity index (χ1) is 10.4. The van der Waals surface area contributed by atoms with Crippen LogP contribution in [-0.4, -0.2) is 17.7 Å². The minimum Gasteiger partial charge on any atom is -0.346 e. The average molecular weight is 278 g/mol. The molecule has 0 radical (unpaired) electrons. The first-order valence-electron chi connectivity index (χ1n) is 8.07. The molecule has 1 aliphatic carbocycles. The molecule has 1 aromatic heterocycles. The normalized spacial score (nSPS) is 17.0. The summed E-state index contributed by atoms with van der Waals surface area (Å²) in [7, 11) is 0. The molecule has 0 fully saturated rings. The highest BCUT2D eigenvalue weighted by atomic mass is 15.0. The molecule has 0 bridgehead atoms. The van der Waals surface area contributed by atoms with E-state index in [9.17, 15) is 0 Å². The monoisotopic (exact) mass is 278 g/mol. The fourth-order valence-electron chi connectivity index (χ4n) is 3.69. The largest absolute Gasteiger partial charge is 0.346 e. The van der Waals surface area contributed by atoms with E-state index in [0.717, 1.165) is 26.1 Å². The van der Waals surface area contributed by atoms with Gasteiger partial charge < -0.3 is 9.88 Å². The summed E-state index contributed by atoms with van der Waals surface area (Å²) in [4.78, 5) is 0. The summed E-state index contributed by atoms with van der Waals surface area (Å²) in [6, 6.07) is 10.9. The lowest BCUT2D eigenvalue weighted by molar-refractivity contribution is 0.648. The predicted molar refractivity (Wildman–Crippen MR) is 87.4 cm³/mol. The van der Waals surface area contributed by atoms with Gasteiger partial charge in [-0.2, -0.15) is 0 Å². The summed E-state index contributed by atoms with van der Waals surface area (Å²) in [5.41, 5.74) is 7.67. The van der Waals surface area contributed by atoms with Crippen LogP contribution in [0.1, 0.15) is 28.8 Å². The smallest absolute Gasteiger partial charge is 0.0485 e. The van der Waals surface area contributed by atoms with Gasteiger partial charge in [0.25, 0.3) is 0 Å². The Bertz CT molecular complexity index is 664. The highest BCUT2D eigenvalue weighted by Crippen LogP contribution is 2.32. The third-order valence-corrected chi connectivity index (χ3v) is 4.73. The number of allylic oxidation sites excluding steroid dienone is 1. The second-order valence-electron chi connectivity index (χ2n) is 6.11. The molecule has 1 aromatic carbocycles. The Morgan fingerprint density at radius 3 is 2.90 bits per heavy atom. The first-order valence-corrected chi connectivity index (χ1v) is 8.07. The van der Waals surface area contributed by atoms with Gasteiger partial charge in [0.1, 0.15) is 0 Å². The lowest BCUT2D eigenvalue weighted by atomic mass is 9.92. The summed E-state index contributed by atoms with van der Waals surface area (Å²) < 4.78 is 2.49. The van der Waals surface area contributed by atoms with Crippen LogP contribution in [0.2, 0.25) is 0 Å². The number of aromatic nitrogens is 1.